The number of rotatable bonds is 2. The Kier molecular flexibility index (Phi) is 5.30. The minimum Gasteiger partial charge on any atom is -0.465 e. The third kappa shape index (κ3) is 4.04. The highest BCUT2D eigenvalue weighted by Crippen LogP contribution is 2.37. The van der Waals surface area contributed by atoms with E-state index in [1.165, 1.54) is 12.1 Å². The molecule has 2 N–H and O–H groups in total. The summed E-state index contributed by atoms with van der Waals surface area (Å²) < 4.78 is 18.9. The molecule has 1 aromatic carbocycles. The number of carbonyl (C=O) groups excluding carboxylic acids is 1. The van der Waals surface area contributed by atoms with E-state index >= 15 is 0 Å². The van der Waals surface area contributed by atoms with Crippen molar-refractivity contribution in [3.05, 3.63) is 34.6 Å². The van der Waals surface area contributed by atoms with E-state index in [9.17, 15) is 24.2 Å². The summed E-state index contributed by atoms with van der Waals surface area (Å²) in [7, 11) is 0. The van der Waals surface area contributed by atoms with Crippen LogP contribution in [0, 0.1) is 11.2 Å². The molecule has 2 rings (SSSR count). The second-order valence-electron chi connectivity index (χ2n) is 7.18. The lowest BCUT2D eigenvalue weighted by Crippen LogP contribution is -2.57. The van der Waals surface area contributed by atoms with Gasteiger partial charge in [0.15, 0.2) is 6.10 Å². The summed E-state index contributed by atoms with van der Waals surface area (Å²) in [6.07, 6.45) is -2.31. The number of benzene rings is 1. The molecule has 1 aliphatic rings. The number of hydrogen-bond donors (Lipinski definition) is 2. The molecule has 6 nitrogen and oxygen atoms in total. The number of hydrogen-bond acceptors (Lipinski definition) is 4. The smallest absolute Gasteiger partial charge is 0.407 e. The molecule has 25 heavy (non-hydrogen) atoms. The van der Waals surface area contributed by atoms with Crippen LogP contribution in [0.5, 0.6) is 0 Å². The fraction of sp³-hybridized carbons (Fsp3) is 0.529. The van der Waals surface area contributed by atoms with Crippen molar-refractivity contribution in [2.24, 2.45) is 5.41 Å². The summed E-state index contributed by atoms with van der Waals surface area (Å²) in [5.74, 6) is -1.21. The van der Waals surface area contributed by atoms with Crippen LogP contribution in [0.1, 0.15) is 32.8 Å². The largest absolute Gasteiger partial charge is 0.465 e. The molecule has 0 aliphatic carbocycles. The maximum absolute atomic E-state index is 13.4. The fourth-order valence-corrected chi connectivity index (χ4v) is 2.80. The van der Waals surface area contributed by atoms with Crippen molar-refractivity contribution in [2.75, 3.05) is 13.1 Å². The molecule has 0 bridgehead atoms. The fourth-order valence-electron chi connectivity index (χ4n) is 2.62. The summed E-state index contributed by atoms with van der Waals surface area (Å²) in [5, 5.41) is 20.2. The highest BCUT2D eigenvalue weighted by atomic mass is 35.5. The number of likely N-dealkylation sites (tertiary alicyclic amines) is 1. The van der Waals surface area contributed by atoms with Crippen LogP contribution < -0.4 is 0 Å². The molecule has 1 saturated heterocycles. The van der Waals surface area contributed by atoms with Crippen LogP contribution in [0.4, 0.5) is 9.18 Å². The summed E-state index contributed by atoms with van der Waals surface area (Å²) >= 11 is 5.80. The minimum absolute atomic E-state index is 0.0106. The molecule has 1 amide bonds. The Morgan fingerprint density at radius 2 is 2.04 bits per heavy atom. The SMILES string of the molecule is CC(C)(C)C(=O)O[C@H]1CN(C(=O)O)CC[C@]1(O)c1ccc(F)c(Cl)c1. The number of amides is 1. The Hall–Kier alpha value is -1.86. The molecule has 138 valence electrons. The molecule has 0 aromatic heterocycles. The monoisotopic (exact) mass is 373 g/mol. The van der Waals surface area contributed by atoms with Crippen LogP contribution in [0.2, 0.25) is 5.02 Å². The van der Waals surface area contributed by atoms with Crippen LogP contribution >= 0.6 is 11.6 Å². The van der Waals surface area contributed by atoms with Gasteiger partial charge in [-0.3, -0.25) is 4.79 Å². The normalized spacial score (nSPS) is 24.1. The second kappa shape index (κ2) is 6.80. The molecule has 1 heterocycles. The van der Waals surface area contributed by atoms with E-state index in [4.69, 9.17) is 16.3 Å². The Bertz CT molecular complexity index is 690. The molecule has 2 atom stereocenters. The molecule has 1 fully saturated rings. The summed E-state index contributed by atoms with van der Waals surface area (Å²) in [5.41, 5.74) is -2.22. The van der Waals surface area contributed by atoms with Crippen molar-refractivity contribution in [1.29, 1.82) is 0 Å². The first kappa shape index (κ1) is 19.5. The maximum atomic E-state index is 13.4. The van der Waals surface area contributed by atoms with Gasteiger partial charge in [-0.05, 0) is 38.5 Å². The van der Waals surface area contributed by atoms with Crippen LogP contribution in [0.25, 0.3) is 0 Å². The van der Waals surface area contributed by atoms with Crippen molar-refractivity contribution in [1.82, 2.24) is 4.90 Å². The van der Waals surface area contributed by atoms with Gasteiger partial charge in [-0.2, -0.15) is 0 Å². The standard InChI is InChI=1S/C17H21ClFNO5/c1-16(2,3)14(21)25-13-9-20(15(22)23)7-6-17(13,24)10-4-5-12(19)11(18)8-10/h4-5,8,13,24H,6-7,9H2,1-3H3,(H,22,23)/t13-,17-/m0/s1. The van der Waals surface area contributed by atoms with Gasteiger partial charge in [0, 0.05) is 13.0 Å². The number of esters is 1. The molecule has 0 radical (unpaired) electrons. The van der Waals surface area contributed by atoms with Crippen molar-refractivity contribution in [2.45, 2.75) is 38.9 Å². The van der Waals surface area contributed by atoms with Gasteiger partial charge in [0.25, 0.3) is 0 Å². The Labute approximate surface area is 150 Å². The maximum Gasteiger partial charge on any atom is 0.407 e. The molecular weight excluding hydrogens is 353 g/mol. The third-order valence-corrected chi connectivity index (χ3v) is 4.52. The van der Waals surface area contributed by atoms with E-state index in [0.29, 0.717) is 0 Å². The highest BCUT2D eigenvalue weighted by Gasteiger charge is 2.47. The van der Waals surface area contributed by atoms with E-state index in [1.54, 1.807) is 20.8 Å². The highest BCUT2D eigenvalue weighted by molar-refractivity contribution is 6.30. The Morgan fingerprint density at radius 3 is 2.56 bits per heavy atom. The molecule has 0 saturated carbocycles. The summed E-state index contributed by atoms with van der Waals surface area (Å²) in [4.78, 5) is 24.6. The number of nitrogens with zero attached hydrogens (tertiary/aromatic N) is 1. The zero-order valence-electron chi connectivity index (χ0n) is 14.3. The van der Waals surface area contributed by atoms with Gasteiger partial charge in [-0.1, -0.05) is 17.7 Å². The molecule has 1 aromatic rings. The van der Waals surface area contributed by atoms with Gasteiger partial charge < -0.3 is 19.8 Å². The van der Waals surface area contributed by atoms with Crippen molar-refractivity contribution >= 4 is 23.7 Å². The zero-order chi connectivity index (χ0) is 19.0. The average molecular weight is 374 g/mol. The van der Waals surface area contributed by atoms with Crippen LogP contribution in [0.3, 0.4) is 0 Å². The third-order valence-electron chi connectivity index (χ3n) is 4.23. The average Bonchev–Trinajstić information content (AvgIpc) is 2.50. The number of carbonyl (C=O) groups is 2. The van der Waals surface area contributed by atoms with Gasteiger partial charge in [0.2, 0.25) is 0 Å². The minimum atomic E-state index is -1.66. The predicted molar refractivity (Wildman–Crippen MR) is 88.9 cm³/mol. The summed E-state index contributed by atoms with van der Waals surface area (Å²) in [6.45, 7) is 4.82. The molecule has 0 unspecified atom stereocenters. The zero-order valence-corrected chi connectivity index (χ0v) is 15.0. The lowest BCUT2D eigenvalue weighted by Gasteiger charge is -2.43. The van der Waals surface area contributed by atoms with E-state index < -0.39 is 35.0 Å². The van der Waals surface area contributed by atoms with Crippen LogP contribution in [-0.4, -0.2) is 46.4 Å². The van der Waals surface area contributed by atoms with Gasteiger partial charge in [0.05, 0.1) is 17.0 Å². The molecule has 0 spiro atoms. The summed E-state index contributed by atoms with van der Waals surface area (Å²) in [6, 6.07) is 3.74. The number of carboxylic acid groups (broad SMARTS) is 1. The lowest BCUT2D eigenvalue weighted by molar-refractivity contribution is -0.185. The Balaban J connectivity index is 2.39. The topological polar surface area (TPSA) is 87.1 Å². The lowest BCUT2D eigenvalue weighted by atomic mass is 9.81. The second-order valence-corrected chi connectivity index (χ2v) is 7.58. The first-order chi connectivity index (χ1) is 11.4. The number of aliphatic hydroxyl groups is 1. The predicted octanol–water partition coefficient (Wildman–Crippen LogP) is 3.01. The van der Waals surface area contributed by atoms with Gasteiger partial charge >= 0.3 is 12.1 Å². The number of piperidine rings is 1. The first-order valence-corrected chi connectivity index (χ1v) is 8.20. The first-order valence-electron chi connectivity index (χ1n) is 7.82. The van der Waals surface area contributed by atoms with E-state index in [2.05, 4.69) is 0 Å². The van der Waals surface area contributed by atoms with Gasteiger partial charge in [-0.25, -0.2) is 9.18 Å². The van der Waals surface area contributed by atoms with Gasteiger partial charge in [-0.15, -0.1) is 0 Å². The van der Waals surface area contributed by atoms with E-state index in [-0.39, 0.29) is 30.1 Å². The van der Waals surface area contributed by atoms with Crippen molar-refractivity contribution in [3.63, 3.8) is 0 Å². The number of halogens is 2. The van der Waals surface area contributed by atoms with Gasteiger partial charge in [0.1, 0.15) is 11.4 Å². The number of ether oxygens (including phenoxy) is 1. The van der Waals surface area contributed by atoms with E-state index in [0.717, 1.165) is 11.0 Å². The van der Waals surface area contributed by atoms with Crippen LogP contribution in [0.15, 0.2) is 18.2 Å². The molecule has 1 aliphatic heterocycles. The molecule has 8 heteroatoms. The van der Waals surface area contributed by atoms with Crippen molar-refractivity contribution in [3.8, 4) is 0 Å². The molecular formula is C17H21ClFNO5. The quantitative estimate of drug-likeness (QED) is 0.778. The van der Waals surface area contributed by atoms with E-state index in [1.807, 2.05) is 0 Å². The van der Waals surface area contributed by atoms with Crippen molar-refractivity contribution < 1.29 is 28.9 Å². The van der Waals surface area contributed by atoms with Crippen LogP contribution in [-0.2, 0) is 15.1 Å². The Morgan fingerprint density at radius 1 is 1.40 bits per heavy atom.